The van der Waals surface area contributed by atoms with Crippen molar-refractivity contribution in [1.29, 1.82) is 0 Å². The molecule has 0 radical (unpaired) electrons. The van der Waals surface area contributed by atoms with Crippen LogP contribution in [0, 0.1) is 0 Å². The maximum absolute atomic E-state index is 12.0. The summed E-state index contributed by atoms with van der Waals surface area (Å²) in [5.74, 6) is -0.829. The molecule has 7 nitrogen and oxygen atoms in total. The van der Waals surface area contributed by atoms with Crippen LogP contribution >= 0.6 is 0 Å². The van der Waals surface area contributed by atoms with Crippen molar-refractivity contribution in [3.8, 4) is 5.75 Å². The Hall–Kier alpha value is -2.09. The summed E-state index contributed by atoms with van der Waals surface area (Å²) in [6.07, 6.45) is -0.470. The van der Waals surface area contributed by atoms with Crippen LogP contribution in [0.5, 0.6) is 5.75 Å². The smallest absolute Gasteiger partial charge is 0.261 e. The van der Waals surface area contributed by atoms with Crippen molar-refractivity contribution in [1.82, 2.24) is 5.32 Å². The molecule has 1 aliphatic rings. The van der Waals surface area contributed by atoms with Crippen molar-refractivity contribution in [3.05, 3.63) is 29.8 Å². The molecule has 0 aromatic heterocycles. The molecule has 2 atom stereocenters. The fourth-order valence-electron chi connectivity index (χ4n) is 2.24. The van der Waals surface area contributed by atoms with E-state index >= 15 is 0 Å². The molecule has 0 bridgehead atoms. The van der Waals surface area contributed by atoms with Crippen molar-refractivity contribution in [2.24, 2.45) is 5.73 Å². The largest absolute Gasteiger partial charge is 0.480 e. The van der Waals surface area contributed by atoms with Gasteiger partial charge in [0.15, 0.2) is 15.9 Å². The van der Waals surface area contributed by atoms with Gasteiger partial charge in [0.2, 0.25) is 0 Å². The van der Waals surface area contributed by atoms with Crippen LogP contribution < -0.4 is 15.8 Å². The first kappa shape index (κ1) is 16.3. The van der Waals surface area contributed by atoms with Crippen molar-refractivity contribution in [2.45, 2.75) is 25.5 Å². The first-order valence-electron chi connectivity index (χ1n) is 6.85. The predicted octanol–water partition coefficient (Wildman–Crippen LogP) is -0.144. The summed E-state index contributed by atoms with van der Waals surface area (Å²) in [6.45, 7) is 1.52. The fourth-order valence-corrected chi connectivity index (χ4v) is 3.92. The SMILES string of the molecule is CC(Oc1ccccc1C(N)=O)C(=O)NC1CCS(=O)(=O)C1. The van der Waals surface area contributed by atoms with Crippen LogP contribution in [0.25, 0.3) is 0 Å². The second-order valence-electron chi connectivity index (χ2n) is 5.23. The van der Waals surface area contributed by atoms with E-state index in [1.807, 2.05) is 0 Å². The molecule has 8 heteroatoms. The maximum atomic E-state index is 12.0. The summed E-state index contributed by atoms with van der Waals surface area (Å²) in [6, 6.07) is 5.96. The number of benzene rings is 1. The van der Waals surface area contributed by atoms with Gasteiger partial charge in [-0.15, -0.1) is 0 Å². The van der Waals surface area contributed by atoms with E-state index in [-0.39, 0.29) is 22.8 Å². The topological polar surface area (TPSA) is 116 Å². The third kappa shape index (κ3) is 3.97. The summed E-state index contributed by atoms with van der Waals surface area (Å²) in [5, 5.41) is 2.64. The molecule has 2 rings (SSSR count). The number of carbonyl (C=O) groups excluding carboxylic acids is 2. The Morgan fingerprint density at radius 2 is 2.05 bits per heavy atom. The highest BCUT2D eigenvalue weighted by atomic mass is 32.2. The lowest BCUT2D eigenvalue weighted by molar-refractivity contribution is -0.127. The van der Waals surface area contributed by atoms with Crippen molar-refractivity contribution < 1.29 is 22.7 Å². The number of nitrogens with two attached hydrogens (primary N) is 1. The number of rotatable bonds is 5. The molecule has 2 amide bonds. The van der Waals surface area contributed by atoms with Gasteiger partial charge in [-0.25, -0.2) is 8.42 Å². The van der Waals surface area contributed by atoms with Gasteiger partial charge in [0, 0.05) is 6.04 Å². The maximum Gasteiger partial charge on any atom is 0.261 e. The molecular weight excluding hydrogens is 308 g/mol. The molecule has 0 spiro atoms. The molecule has 22 heavy (non-hydrogen) atoms. The van der Waals surface area contributed by atoms with Crippen molar-refractivity contribution >= 4 is 21.7 Å². The van der Waals surface area contributed by atoms with E-state index in [1.165, 1.54) is 13.0 Å². The highest BCUT2D eigenvalue weighted by Crippen LogP contribution is 2.19. The molecule has 1 saturated heterocycles. The normalized spacial score (nSPS) is 21.0. The number of carbonyl (C=O) groups is 2. The van der Waals surface area contributed by atoms with Crippen LogP contribution in [0.15, 0.2) is 24.3 Å². The van der Waals surface area contributed by atoms with Gasteiger partial charge in [-0.1, -0.05) is 12.1 Å². The Bertz CT molecular complexity index is 686. The highest BCUT2D eigenvalue weighted by molar-refractivity contribution is 7.91. The lowest BCUT2D eigenvalue weighted by Crippen LogP contribution is -2.43. The number of ether oxygens (including phenoxy) is 1. The first-order chi connectivity index (χ1) is 10.3. The third-order valence-corrected chi connectivity index (χ3v) is 5.17. The number of amides is 2. The van der Waals surface area contributed by atoms with Crippen LogP contribution in [0.1, 0.15) is 23.7 Å². The van der Waals surface area contributed by atoms with E-state index in [9.17, 15) is 18.0 Å². The van der Waals surface area contributed by atoms with E-state index in [0.29, 0.717) is 6.42 Å². The Labute approximate surface area is 128 Å². The Balaban J connectivity index is 1.99. The minimum atomic E-state index is -3.06. The van der Waals surface area contributed by atoms with Gasteiger partial charge in [-0.2, -0.15) is 0 Å². The fraction of sp³-hybridized carbons (Fsp3) is 0.429. The second-order valence-corrected chi connectivity index (χ2v) is 7.46. The third-order valence-electron chi connectivity index (χ3n) is 3.40. The van der Waals surface area contributed by atoms with Crippen LogP contribution in [0.3, 0.4) is 0 Å². The van der Waals surface area contributed by atoms with E-state index in [4.69, 9.17) is 10.5 Å². The van der Waals surface area contributed by atoms with Gasteiger partial charge < -0.3 is 15.8 Å². The summed E-state index contributed by atoms with van der Waals surface area (Å²) in [4.78, 5) is 23.3. The molecule has 1 fully saturated rings. The van der Waals surface area contributed by atoms with Crippen LogP contribution in [0.4, 0.5) is 0 Å². The molecule has 0 aliphatic carbocycles. The molecule has 1 heterocycles. The predicted molar refractivity (Wildman–Crippen MR) is 80.3 cm³/mol. The van der Waals surface area contributed by atoms with E-state index in [1.54, 1.807) is 18.2 Å². The number of hydrogen-bond acceptors (Lipinski definition) is 5. The zero-order valence-electron chi connectivity index (χ0n) is 12.1. The molecule has 0 saturated carbocycles. The monoisotopic (exact) mass is 326 g/mol. The molecule has 120 valence electrons. The Morgan fingerprint density at radius 1 is 1.36 bits per heavy atom. The average Bonchev–Trinajstić information content (AvgIpc) is 2.78. The summed E-state index contributed by atoms with van der Waals surface area (Å²) in [5.41, 5.74) is 5.43. The molecule has 1 aromatic rings. The number of primary amides is 1. The number of hydrogen-bond donors (Lipinski definition) is 2. The van der Waals surface area contributed by atoms with Crippen LogP contribution in [-0.2, 0) is 14.6 Å². The molecule has 3 N–H and O–H groups in total. The number of sulfone groups is 1. The lowest BCUT2D eigenvalue weighted by atomic mass is 10.2. The van der Waals surface area contributed by atoms with Gasteiger partial charge in [0.25, 0.3) is 11.8 Å². The van der Waals surface area contributed by atoms with Gasteiger partial charge in [-0.05, 0) is 25.5 Å². The Kier molecular flexibility index (Phi) is 4.70. The highest BCUT2D eigenvalue weighted by Gasteiger charge is 2.30. The minimum Gasteiger partial charge on any atom is -0.480 e. The van der Waals surface area contributed by atoms with Gasteiger partial charge in [0.05, 0.1) is 17.1 Å². The Morgan fingerprint density at radius 3 is 2.64 bits per heavy atom. The average molecular weight is 326 g/mol. The van der Waals surface area contributed by atoms with E-state index in [2.05, 4.69) is 5.32 Å². The molecule has 1 aromatic carbocycles. The van der Waals surface area contributed by atoms with Crippen LogP contribution in [0.2, 0.25) is 0 Å². The zero-order valence-corrected chi connectivity index (χ0v) is 12.9. The molecule has 1 aliphatic heterocycles. The summed E-state index contributed by atoms with van der Waals surface area (Å²) >= 11 is 0. The van der Waals surface area contributed by atoms with Gasteiger partial charge >= 0.3 is 0 Å². The van der Waals surface area contributed by atoms with Crippen molar-refractivity contribution in [2.75, 3.05) is 11.5 Å². The van der Waals surface area contributed by atoms with E-state index in [0.717, 1.165) is 0 Å². The second kappa shape index (κ2) is 6.35. The minimum absolute atomic E-state index is 0.0522. The molecular formula is C14H18N2O5S. The van der Waals surface area contributed by atoms with E-state index < -0.39 is 33.8 Å². The zero-order chi connectivity index (χ0) is 16.3. The van der Waals surface area contributed by atoms with Gasteiger partial charge in [0.1, 0.15) is 5.75 Å². The first-order valence-corrected chi connectivity index (χ1v) is 8.67. The summed E-state index contributed by atoms with van der Waals surface area (Å²) < 4.78 is 28.2. The van der Waals surface area contributed by atoms with Crippen LogP contribution in [-0.4, -0.2) is 43.9 Å². The lowest BCUT2D eigenvalue weighted by Gasteiger charge is -2.18. The standard InChI is InChI=1S/C14H18N2O5S/c1-9(14(18)16-10-6-7-22(19,20)8-10)21-12-5-3-2-4-11(12)13(15)17/h2-5,9-10H,6-8H2,1H3,(H2,15,17)(H,16,18). The summed E-state index contributed by atoms with van der Waals surface area (Å²) in [7, 11) is -3.06. The van der Waals surface area contributed by atoms with Gasteiger partial charge in [-0.3, -0.25) is 9.59 Å². The molecule has 2 unspecified atom stereocenters. The quantitative estimate of drug-likeness (QED) is 0.781. The number of para-hydroxylation sites is 1. The number of nitrogens with one attached hydrogen (secondary N) is 1. The van der Waals surface area contributed by atoms with Crippen molar-refractivity contribution in [3.63, 3.8) is 0 Å².